The summed E-state index contributed by atoms with van der Waals surface area (Å²) in [5, 5.41) is 6.02. The minimum Gasteiger partial charge on any atom is -0.497 e. The van der Waals surface area contributed by atoms with Crippen LogP contribution in [0.15, 0.2) is 35.7 Å². The minimum absolute atomic E-state index is 0.0641. The van der Waals surface area contributed by atoms with Crippen LogP contribution in [-0.2, 0) is 6.42 Å². The number of nitrogens with zero attached hydrogens (tertiary/aromatic N) is 1. The Morgan fingerprint density at radius 2 is 2.24 bits per heavy atom. The van der Waals surface area contributed by atoms with E-state index in [4.69, 9.17) is 9.72 Å². The molecule has 2 aromatic heterocycles. The van der Waals surface area contributed by atoms with Crippen molar-refractivity contribution >= 4 is 33.8 Å². The summed E-state index contributed by atoms with van der Waals surface area (Å²) in [6.07, 6.45) is 3.20. The van der Waals surface area contributed by atoms with E-state index in [9.17, 15) is 4.79 Å². The number of pyridine rings is 1. The third kappa shape index (κ3) is 2.89. The number of aromatic nitrogens is 1. The lowest BCUT2D eigenvalue weighted by atomic mass is 9.86. The van der Waals surface area contributed by atoms with Gasteiger partial charge in [-0.05, 0) is 60.4 Å². The van der Waals surface area contributed by atoms with Crippen LogP contribution in [0.25, 0.3) is 10.9 Å². The molecule has 1 unspecified atom stereocenters. The maximum atomic E-state index is 12.7. The number of benzene rings is 1. The number of amides is 1. The predicted molar refractivity (Wildman–Crippen MR) is 102 cm³/mol. The second-order valence-electron chi connectivity index (χ2n) is 6.46. The number of hydrogen-bond acceptors (Lipinski definition) is 4. The van der Waals surface area contributed by atoms with E-state index >= 15 is 0 Å². The second kappa shape index (κ2) is 6.48. The Morgan fingerprint density at radius 1 is 1.36 bits per heavy atom. The van der Waals surface area contributed by atoms with Gasteiger partial charge in [-0.1, -0.05) is 13.0 Å². The number of methoxy groups -OCH3 is 1. The molecule has 1 N–H and O–H groups in total. The summed E-state index contributed by atoms with van der Waals surface area (Å²) in [5.41, 5.74) is 4.08. The van der Waals surface area contributed by atoms with E-state index in [2.05, 4.69) is 12.2 Å². The fourth-order valence-electron chi connectivity index (χ4n) is 3.54. The molecule has 0 aliphatic heterocycles. The number of thiophene rings is 1. The maximum absolute atomic E-state index is 12.7. The molecule has 5 heteroatoms. The van der Waals surface area contributed by atoms with Crippen molar-refractivity contribution in [2.45, 2.75) is 32.1 Å². The number of carbonyl (C=O) groups excluding carboxylic acids is 1. The van der Waals surface area contributed by atoms with Gasteiger partial charge in [0.05, 0.1) is 23.2 Å². The molecule has 1 aromatic carbocycles. The monoisotopic (exact) mass is 352 g/mol. The molecule has 0 fully saturated rings. The van der Waals surface area contributed by atoms with Gasteiger partial charge in [-0.25, -0.2) is 0 Å². The quantitative estimate of drug-likeness (QED) is 0.722. The standard InChI is InChI=1S/C20H20N2O2S/c1-12-5-3-6-14-18(12)21-16-9-8-13(24-2)11-15(16)19(14)22-20(23)17-7-4-10-25-17/h4,7-12H,3,5-6H2,1-2H3,(H,21,22,23). The van der Waals surface area contributed by atoms with Gasteiger partial charge in [0.1, 0.15) is 5.75 Å². The van der Waals surface area contributed by atoms with E-state index in [-0.39, 0.29) is 5.91 Å². The first-order valence-corrected chi connectivity index (χ1v) is 9.40. The first-order valence-electron chi connectivity index (χ1n) is 8.52. The van der Waals surface area contributed by atoms with Crippen LogP contribution >= 0.6 is 11.3 Å². The highest BCUT2D eigenvalue weighted by Gasteiger charge is 2.24. The molecule has 1 aliphatic carbocycles. The molecule has 2 heterocycles. The summed E-state index contributed by atoms with van der Waals surface area (Å²) < 4.78 is 5.38. The van der Waals surface area contributed by atoms with Crippen molar-refractivity contribution in [1.82, 2.24) is 4.98 Å². The molecule has 1 aliphatic rings. The molecular weight excluding hydrogens is 332 g/mol. The lowest BCUT2D eigenvalue weighted by molar-refractivity contribution is 0.103. The van der Waals surface area contributed by atoms with Gasteiger partial charge in [-0.15, -0.1) is 11.3 Å². The zero-order valence-electron chi connectivity index (χ0n) is 14.3. The van der Waals surface area contributed by atoms with Crippen molar-refractivity contribution in [1.29, 1.82) is 0 Å². The average molecular weight is 352 g/mol. The molecule has 25 heavy (non-hydrogen) atoms. The molecular formula is C20H20N2O2S. The largest absolute Gasteiger partial charge is 0.497 e. The molecule has 3 aromatic rings. The molecule has 0 radical (unpaired) electrons. The molecule has 0 spiro atoms. The molecule has 0 saturated heterocycles. The number of nitrogens with one attached hydrogen (secondary N) is 1. The Morgan fingerprint density at radius 3 is 3.00 bits per heavy atom. The molecule has 128 valence electrons. The minimum atomic E-state index is -0.0641. The van der Waals surface area contributed by atoms with Gasteiger partial charge in [0.25, 0.3) is 5.91 Å². The number of ether oxygens (including phenoxy) is 1. The van der Waals surface area contributed by atoms with Crippen LogP contribution in [0.2, 0.25) is 0 Å². The Hall–Kier alpha value is -2.40. The van der Waals surface area contributed by atoms with Gasteiger partial charge in [-0.2, -0.15) is 0 Å². The van der Waals surface area contributed by atoms with Crippen LogP contribution in [0, 0.1) is 0 Å². The van der Waals surface area contributed by atoms with E-state index < -0.39 is 0 Å². The Labute approximate surface area is 150 Å². The predicted octanol–water partition coefficient (Wildman–Crippen LogP) is 5.00. The van der Waals surface area contributed by atoms with E-state index in [1.165, 1.54) is 16.9 Å². The highest BCUT2D eigenvalue weighted by Crippen LogP contribution is 2.39. The third-order valence-electron chi connectivity index (χ3n) is 4.84. The summed E-state index contributed by atoms with van der Waals surface area (Å²) in [7, 11) is 1.65. The van der Waals surface area contributed by atoms with Crippen LogP contribution in [0.1, 0.15) is 46.6 Å². The Balaban J connectivity index is 1.90. The fraction of sp³-hybridized carbons (Fsp3) is 0.300. The lowest BCUT2D eigenvalue weighted by Gasteiger charge is -2.25. The van der Waals surface area contributed by atoms with Crippen molar-refractivity contribution in [2.24, 2.45) is 0 Å². The number of rotatable bonds is 3. The third-order valence-corrected chi connectivity index (χ3v) is 5.71. The van der Waals surface area contributed by atoms with Crippen LogP contribution < -0.4 is 10.1 Å². The summed E-state index contributed by atoms with van der Waals surface area (Å²) in [4.78, 5) is 18.3. The SMILES string of the molecule is COc1ccc2nc3c(c(NC(=O)c4cccs4)c2c1)CCCC3C. The van der Waals surface area contributed by atoms with E-state index in [0.29, 0.717) is 10.8 Å². The molecule has 4 nitrogen and oxygen atoms in total. The zero-order valence-corrected chi connectivity index (χ0v) is 15.2. The van der Waals surface area contributed by atoms with Crippen molar-refractivity contribution in [3.05, 3.63) is 51.8 Å². The van der Waals surface area contributed by atoms with E-state index in [1.54, 1.807) is 7.11 Å². The number of anilines is 1. The van der Waals surface area contributed by atoms with Gasteiger partial charge in [0.2, 0.25) is 0 Å². The van der Waals surface area contributed by atoms with Gasteiger partial charge >= 0.3 is 0 Å². The highest BCUT2D eigenvalue weighted by molar-refractivity contribution is 7.12. The number of fused-ring (bicyclic) bond motifs is 2. The summed E-state index contributed by atoms with van der Waals surface area (Å²) in [6.45, 7) is 2.21. The lowest BCUT2D eigenvalue weighted by Crippen LogP contribution is -2.17. The zero-order chi connectivity index (χ0) is 17.4. The normalized spacial score (nSPS) is 16.5. The average Bonchev–Trinajstić information content (AvgIpc) is 3.17. The first-order chi connectivity index (χ1) is 12.2. The van der Waals surface area contributed by atoms with Crippen LogP contribution in [0.5, 0.6) is 5.75 Å². The molecule has 4 rings (SSSR count). The van der Waals surface area contributed by atoms with Crippen LogP contribution in [0.4, 0.5) is 5.69 Å². The van der Waals surface area contributed by atoms with Crippen LogP contribution in [0.3, 0.4) is 0 Å². The Kier molecular flexibility index (Phi) is 4.17. The van der Waals surface area contributed by atoms with E-state index in [0.717, 1.165) is 47.3 Å². The van der Waals surface area contributed by atoms with Gasteiger partial charge in [-0.3, -0.25) is 9.78 Å². The number of carbonyl (C=O) groups is 1. The van der Waals surface area contributed by atoms with Gasteiger partial charge in [0, 0.05) is 11.1 Å². The van der Waals surface area contributed by atoms with Crippen molar-refractivity contribution in [2.75, 3.05) is 12.4 Å². The van der Waals surface area contributed by atoms with Crippen LogP contribution in [-0.4, -0.2) is 18.0 Å². The van der Waals surface area contributed by atoms with Gasteiger partial charge < -0.3 is 10.1 Å². The molecule has 1 amide bonds. The summed E-state index contributed by atoms with van der Waals surface area (Å²) in [5.74, 6) is 1.11. The second-order valence-corrected chi connectivity index (χ2v) is 7.41. The summed E-state index contributed by atoms with van der Waals surface area (Å²) >= 11 is 1.45. The van der Waals surface area contributed by atoms with Gasteiger partial charge in [0.15, 0.2) is 0 Å². The molecule has 0 bridgehead atoms. The fourth-order valence-corrected chi connectivity index (χ4v) is 4.15. The first kappa shape index (κ1) is 16.1. The topological polar surface area (TPSA) is 51.2 Å². The highest BCUT2D eigenvalue weighted by atomic mass is 32.1. The smallest absolute Gasteiger partial charge is 0.265 e. The molecule has 1 atom stereocenters. The number of hydrogen-bond donors (Lipinski definition) is 1. The summed E-state index contributed by atoms with van der Waals surface area (Å²) in [6, 6.07) is 9.59. The maximum Gasteiger partial charge on any atom is 0.265 e. The van der Waals surface area contributed by atoms with Crippen molar-refractivity contribution < 1.29 is 9.53 Å². The van der Waals surface area contributed by atoms with Crippen molar-refractivity contribution in [3.63, 3.8) is 0 Å². The van der Waals surface area contributed by atoms with Crippen molar-refractivity contribution in [3.8, 4) is 5.75 Å². The van der Waals surface area contributed by atoms with E-state index in [1.807, 2.05) is 35.7 Å². The Bertz CT molecular complexity index is 935. The molecule has 0 saturated carbocycles.